The number of carbonyl (C=O) groups excluding carboxylic acids is 1. The fourth-order valence-electron chi connectivity index (χ4n) is 1.70. The Balaban J connectivity index is 1.90. The van der Waals surface area contributed by atoms with Gasteiger partial charge in [-0.3, -0.25) is 4.79 Å². The van der Waals surface area contributed by atoms with E-state index in [1.54, 1.807) is 0 Å². The Bertz CT molecular complexity index is 664. The van der Waals surface area contributed by atoms with Gasteiger partial charge in [-0.25, -0.2) is 4.39 Å². The van der Waals surface area contributed by atoms with Crippen molar-refractivity contribution in [1.29, 1.82) is 0 Å². The van der Waals surface area contributed by atoms with E-state index in [1.807, 2.05) is 31.2 Å². The number of benzene rings is 2. The maximum Gasteiger partial charge on any atom is 0.237 e. The molecule has 0 heterocycles. The van der Waals surface area contributed by atoms with Gasteiger partial charge in [0.05, 0.1) is 16.0 Å². The second kappa shape index (κ2) is 7.86. The molecule has 1 atom stereocenters. The molecule has 2 aromatic rings. The highest BCUT2D eigenvalue weighted by atomic mass is 35.5. The van der Waals surface area contributed by atoms with Gasteiger partial charge in [0.15, 0.2) is 0 Å². The molecular weight excluding hydrogens is 344 g/mol. The maximum atomic E-state index is 13.0. The van der Waals surface area contributed by atoms with Gasteiger partial charge in [-0.15, -0.1) is 11.8 Å². The molecule has 22 heavy (non-hydrogen) atoms. The summed E-state index contributed by atoms with van der Waals surface area (Å²) >= 11 is 13.2. The number of hydrogen-bond acceptors (Lipinski definition) is 2. The number of anilines is 1. The third kappa shape index (κ3) is 4.90. The molecule has 2 aromatic carbocycles. The van der Waals surface area contributed by atoms with Crippen molar-refractivity contribution < 1.29 is 9.18 Å². The highest BCUT2D eigenvalue weighted by Gasteiger charge is 2.15. The van der Waals surface area contributed by atoms with Gasteiger partial charge in [-0.1, -0.05) is 35.3 Å². The van der Waals surface area contributed by atoms with Crippen LogP contribution in [0, 0.1) is 5.82 Å². The van der Waals surface area contributed by atoms with Crippen molar-refractivity contribution in [3.63, 3.8) is 0 Å². The molecule has 2 rings (SSSR count). The van der Waals surface area contributed by atoms with Crippen molar-refractivity contribution in [3.8, 4) is 0 Å². The minimum atomic E-state index is -0.437. The lowest BCUT2D eigenvalue weighted by atomic mass is 10.2. The van der Waals surface area contributed by atoms with Gasteiger partial charge in [0.25, 0.3) is 0 Å². The van der Waals surface area contributed by atoms with E-state index in [-0.39, 0.29) is 16.2 Å². The van der Waals surface area contributed by atoms with E-state index in [9.17, 15) is 9.18 Å². The molecule has 1 unspecified atom stereocenters. The summed E-state index contributed by atoms with van der Waals surface area (Å²) in [6.45, 7) is 1.81. The van der Waals surface area contributed by atoms with Crippen LogP contribution in [0.1, 0.15) is 12.5 Å². The van der Waals surface area contributed by atoms with Gasteiger partial charge in [0, 0.05) is 10.8 Å². The largest absolute Gasteiger partial charge is 0.324 e. The standard InChI is InChI=1S/C16H14Cl2FNOS/c1-10(22-9-11-2-4-12(17)5-3-11)16(21)20-15-7-6-13(19)8-14(15)18/h2-8,10H,9H2,1H3,(H,20,21). The van der Waals surface area contributed by atoms with Crippen LogP contribution in [0.5, 0.6) is 0 Å². The first-order valence-electron chi connectivity index (χ1n) is 6.57. The molecule has 0 saturated heterocycles. The fraction of sp³-hybridized carbons (Fsp3) is 0.188. The zero-order valence-electron chi connectivity index (χ0n) is 11.8. The molecule has 0 aliphatic rings. The molecule has 6 heteroatoms. The van der Waals surface area contributed by atoms with E-state index < -0.39 is 5.82 Å². The van der Waals surface area contributed by atoms with Gasteiger partial charge in [-0.2, -0.15) is 0 Å². The van der Waals surface area contributed by atoms with Crippen molar-refractivity contribution >= 4 is 46.6 Å². The van der Waals surface area contributed by atoms with Crippen LogP contribution in [0.15, 0.2) is 42.5 Å². The van der Waals surface area contributed by atoms with E-state index >= 15 is 0 Å². The molecule has 1 amide bonds. The molecule has 0 fully saturated rings. The highest BCUT2D eigenvalue weighted by Crippen LogP contribution is 2.25. The van der Waals surface area contributed by atoms with Gasteiger partial charge in [0.2, 0.25) is 5.91 Å². The van der Waals surface area contributed by atoms with E-state index in [4.69, 9.17) is 23.2 Å². The molecule has 0 aliphatic carbocycles. The van der Waals surface area contributed by atoms with Crippen LogP contribution in [-0.2, 0) is 10.5 Å². The van der Waals surface area contributed by atoms with Crippen LogP contribution < -0.4 is 5.32 Å². The summed E-state index contributed by atoms with van der Waals surface area (Å²) < 4.78 is 13.0. The van der Waals surface area contributed by atoms with E-state index in [0.29, 0.717) is 16.5 Å². The molecule has 116 valence electrons. The van der Waals surface area contributed by atoms with E-state index in [2.05, 4.69) is 5.32 Å². The molecule has 0 aromatic heterocycles. The summed E-state index contributed by atoms with van der Waals surface area (Å²) in [4.78, 5) is 12.1. The summed E-state index contributed by atoms with van der Waals surface area (Å²) in [7, 11) is 0. The maximum absolute atomic E-state index is 13.0. The summed E-state index contributed by atoms with van der Waals surface area (Å²) in [5, 5.41) is 3.31. The molecule has 0 radical (unpaired) electrons. The van der Waals surface area contributed by atoms with Crippen molar-refractivity contribution in [3.05, 3.63) is 63.9 Å². The molecule has 1 N–H and O–H groups in total. The Labute approximate surface area is 143 Å². The lowest BCUT2D eigenvalue weighted by Crippen LogP contribution is -2.22. The Morgan fingerprint density at radius 3 is 2.55 bits per heavy atom. The van der Waals surface area contributed by atoms with E-state index in [1.165, 1.54) is 30.0 Å². The highest BCUT2D eigenvalue weighted by molar-refractivity contribution is 7.99. The van der Waals surface area contributed by atoms with Crippen LogP contribution >= 0.6 is 35.0 Å². The fourth-order valence-corrected chi connectivity index (χ4v) is 2.89. The van der Waals surface area contributed by atoms with Gasteiger partial charge < -0.3 is 5.32 Å². The first-order chi connectivity index (χ1) is 10.5. The lowest BCUT2D eigenvalue weighted by Gasteiger charge is -2.13. The van der Waals surface area contributed by atoms with Crippen molar-refractivity contribution in [2.24, 2.45) is 0 Å². The Morgan fingerprint density at radius 2 is 1.91 bits per heavy atom. The first-order valence-corrected chi connectivity index (χ1v) is 8.38. The lowest BCUT2D eigenvalue weighted by molar-refractivity contribution is -0.115. The number of amides is 1. The topological polar surface area (TPSA) is 29.1 Å². The van der Waals surface area contributed by atoms with Crippen LogP contribution in [-0.4, -0.2) is 11.2 Å². The van der Waals surface area contributed by atoms with E-state index in [0.717, 1.165) is 5.56 Å². The third-order valence-corrected chi connectivity index (χ3v) is 4.75. The second-order valence-electron chi connectivity index (χ2n) is 4.69. The second-order valence-corrected chi connectivity index (χ2v) is 6.87. The normalized spacial score (nSPS) is 12.0. The molecule has 0 spiro atoms. The average Bonchev–Trinajstić information content (AvgIpc) is 2.49. The van der Waals surface area contributed by atoms with Crippen molar-refractivity contribution in [2.75, 3.05) is 5.32 Å². The number of halogens is 3. The molecule has 0 saturated carbocycles. The summed E-state index contributed by atoms with van der Waals surface area (Å²) in [6, 6.07) is 11.4. The Hall–Kier alpha value is -1.23. The predicted octanol–water partition coefficient (Wildman–Crippen LogP) is 5.39. The Kier molecular flexibility index (Phi) is 6.12. The zero-order chi connectivity index (χ0) is 16.1. The Morgan fingerprint density at radius 1 is 1.23 bits per heavy atom. The monoisotopic (exact) mass is 357 g/mol. The number of carbonyl (C=O) groups is 1. The van der Waals surface area contributed by atoms with Gasteiger partial charge >= 0.3 is 0 Å². The van der Waals surface area contributed by atoms with Crippen LogP contribution in [0.25, 0.3) is 0 Å². The smallest absolute Gasteiger partial charge is 0.237 e. The predicted molar refractivity (Wildman–Crippen MR) is 92.2 cm³/mol. The zero-order valence-corrected chi connectivity index (χ0v) is 14.1. The minimum absolute atomic E-state index is 0.174. The quantitative estimate of drug-likeness (QED) is 0.776. The number of thioether (sulfide) groups is 1. The summed E-state index contributed by atoms with van der Waals surface area (Å²) in [5.41, 5.74) is 1.50. The third-order valence-electron chi connectivity index (χ3n) is 2.97. The van der Waals surface area contributed by atoms with Gasteiger partial charge in [-0.05, 0) is 42.8 Å². The molecule has 0 bridgehead atoms. The van der Waals surface area contributed by atoms with Crippen LogP contribution in [0.2, 0.25) is 10.0 Å². The summed E-state index contributed by atoms with van der Waals surface area (Å²) in [5.74, 6) is 0.0868. The summed E-state index contributed by atoms with van der Waals surface area (Å²) in [6.07, 6.45) is 0. The molecular formula is C16H14Cl2FNOS. The van der Waals surface area contributed by atoms with Gasteiger partial charge in [0.1, 0.15) is 5.82 Å². The first kappa shape index (κ1) is 17.1. The van der Waals surface area contributed by atoms with Crippen molar-refractivity contribution in [1.82, 2.24) is 0 Å². The number of hydrogen-bond donors (Lipinski definition) is 1. The number of nitrogens with one attached hydrogen (secondary N) is 1. The van der Waals surface area contributed by atoms with Crippen molar-refractivity contribution in [2.45, 2.75) is 17.9 Å². The minimum Gasteiger partial charge on any atom is -0.324 e. The SMILES string of the molecule is CC(SCc1ccc(Cl)cc1)C(=O)Nc1ccc(F)cc1Cl. The van der Waals surface area contributed by atoms with Crippen LogP contribution in [0.3, 0.4) is 0 Å². The molecule has 0 aliphatic heterocycles. The molecule has 2 nitrogen and oxygen atoms in total. The average molecular weight is 358 g/mol. The van der Waals surface area contributed by atoms with Crippen LogP contribution in [0.4, 0.5) is 10.1 Å². The number of rotatable bonds is 5.